The fraction of sp³-hybridized carbons (Fsp3) is 0.429. The number of sulfonamides is 1. The van der Waals surface area contributed by atoms with Crippen molar-refractivity contribution in [2.75, 3.05) is 4.31 Å². The minimum atomic E-state index is -3.53. The number of hydrogen-bond acceptors (Lipinski definition) is 5. The largest absolute Gasteiger partial charge is 0.339 e. The van der Waals surface area contributed by atoms with Crippen molar-refractivity contribution in [1.29, 1.82) is 0 Å². The quantitative estimate of drug-likeness (QED) is 0.862. The Morgan fingerprint density at radius 1 is 1.41 bits per heavy atom. The number of benzene rings is 1. The topological polar surface area (TPSA) is 76.3 Å². The number of rotatable bonds is 4. The lowest BCUT2D eigenvalue weighted by molar-refractivity contribution is 0.359. The average Bonchev–Trinajstić information content (AvgIpc) is 2.93. The lowest BCUT2D eigenvalue weighted by Gasteiger charge is -2.15. The van der Waals surface area contributed by atoms with Gasteiger partial charge in [0, 0.05) is 6.42 Å². The zero-order valence-electron chi connectivity index (χ0n) is 12.3. The Labute approximate surface area is 128 Å². The van der Waals surface area contributed by atoms with Crippen LogP contribution in [0.4, 0.5) is 10.1 Å². The first-order valence-electron chi connectivity index (χ1n) is 6.95. The third-order valence-corrected chi connectivity index (χ3v) is 5.04. The van der Waals surface area contributed by atoms with Crippen LogP contribution < -0.4 is 4.31 Å². The van der Waals surface area contributed by atoms with Crippen LogP contribution >= 0.6 is 0 Å². The zero-order valence-corrected chi connectivity index (χ0v) is 13.1. The van der Waals surface area contributed by atoms with Crippen molar-refractivity contribution in [1.82, 2.24) is 10.1 Å². The monoisotopic (exact) mass is 325 g/mol. The van der Waals surface area contributed by atoms with Gasteiger partial charge in [0.1, 0.15) is 5.82 Å². The van der Waals surface area contributed by atoms with Gasteiger partial charge in [0.05, 0.1) is 18.0 Å². The van der Waals surface area contributed by atoms with Gasteiger partial charge in [-0.05, 0) is 23.6 Å². The molecule has 1 aliphatic heterocycles. The van der Waals surface area contributed by atoms with E-state index in [1.54, 1.807) is 0 Å². The highest BCUT2D eigenvalue weighted by Crippen LogP contribution is 2.34. The Bertz CT molecular complexity index is 801. The fourth-order valence-electron chi connectivity index (χ4n) is 2.41. The smallest absolute Gasteiger partial charge is 0.239 e. The zero-order chi connectivity index (χ0) is 15.9. The van der Waals surface area contributed by atoms with Crippen LogP contribution in [-0.2, 0) is 28.7 Å². The Morgan fingerprint density at radius 3 is 2.91 bits per heavy atom. The van der Waals surface area contributed by atoms with Crippen molar-refractivity contribution in [2.45, 2.75) is 32.6 Å². The summed E-state index contributed by atoms with van der Waals surface area (Å²) in [5.41, 5.74) is 0.919. The van der Waals surface area contributed by atoms with E-state index < -0.39 is 15.8 Å². The maximum absolute atomic E-state index is 13.4. The van der Waals surface area contributed by atoms with Gasteiger partial charge in [0.2, 0.25) is 15.9 Å². The van der Waals surface area contributed by atoms with Crippen molar-refractivity contribution in [3.05, 3.63) is 41.3 Å². The van der Waals surface area contributed by atoms with Crippen molar-refractivity contribution >= 4 is 15.7 Å². The van der Waals surface area contributed by atoms with E-state index in [0.717, 1.165) is 4.31 Å². The van der Waals surface area contributed by atoms with E-state index in [1.165, 1.54) is 18.2 Å². The summed E-state index contributed by atoms with van der Waals surface area (Å²) in [5, 5.41) is 3.81. The van der Waals surface area contributed by atoms with Crippen molar-refractivity contribution in [2.24, 2.45) is 5.92 Å². The molecule has 0 saturated heterocycles. The number of nitrogens with zero attached hydrogens (tertiary/aromatic N) is 3. The molecule has 0 aliphatic carbocycles. The molecule has 0 amide bonds. The van der Waals surface area contributed by atoms with Gasteiger partial charge in [-0.25, -0.2) is 12.8 Å². The molecule has 3 rings (SSSR count). The lowest BCUT2D eigenvalue weighted by atomic mass is 10.1. The first-order valence-corrected chi connectivity index (χ1v) is 8.56. The molecule has 1 aromatic carbocycles. The number of anilines is 1. The van der Waals surface area contributed by atoms with Crippen LogP contribution in [0.15, 0.2) is 22.7 Å². The van der Waals surface area contributed by atoms with Gasteiger partial charge in [-0.3, -0.25) is 4.31 Å². The molecular formula is C14H16FN3O3S. The summed E-state index contributed by atoms with van der Waals surface area (Å²) >= 11 is 0. The molecule has 0 spiro atoms. The minimum Gasteiger partial charge on any atom is -0.339 e. The van der Waals surface area contributed by atoms with E-state index >= 15 is 0 Å². The van der Waals surface area contributed by atoms with E-state index in [2.05, 4.69) is 10.1 Å². The Morgan fingerprint density at radius 2 is 2.18 bits per heavy atom. The van der Waals surface area contributed by atoms with Gasteiger partial charge in [0.25, 0.3) is 0 Å². The molecule has 0 fully saturated rings. The van der Waals surface area contributed by atoms with Gasteiger partial charge in [-0.2, -0.15) is 4.98 Å². The highest BCUT2D eigenvalue weighted by Gasteiger charge is 2.34. The van der Waals surface area contributed by atoms with Gasteiger partial charge < -0.3 is 4.52 Å². The molecule has 0 bridgehead atoms. The second-order valence-corrected chi connectivity index (χ2v) is 7.63. The van der Waals surface area contributed by atoms with Crippen molar-refractivity contribution in [3.63, 3.8) is 0 Å². The van der Waals surface area contributed by atoms with E-state index in [0.29, 0.717) is 29.5 Å². The van der Waals surface area contributed by atoms with Crippen LogP contribution in [-0.4, -0.2) is 18.6 Å². The summed E-state index contributed by atoms with van der Waals surface area (Å²) in [7, 11) is -3.53. The molecule has 6 nitrogen and oxygen atoms in total. The molecule has 1 aromatic heterocycles. The van der Waals surface area contributed by atoms with Gasteiger partial charge in [-0.1, -0.05) is 25.1 Å². The number of halogens is 1. The maximum Gasteiger partial charge on any atom is 0.239 e. The summed E-state index contributed by atoms with van der Waals surface area (Å²) in [6.07, 6.45) is 0.630. The number of fused-ring (bicyclic) bond motifs is 1. The first-order chi connectivity index (χ1) is 10.3. The second-order valence-electron chi connectivity index (χ2n) is 5.74. The normalized spacial score (nSPS) is 16.3. The molecule has 22 heavy (non-hydrogen) atoms. The van der Waals surface area contributed by atoms with E-state index in [1.807, 2.05) is 13.8 Å². The first kappa shape index (κ1) is 15.0. The molecule has 0 unspecified atom stereocenters. The summed E-state index contributed by atoms with van der Waals surface area (Å²) < 4.78 is 44.1. The van der Waals surface area contributed by atoms with Crippen LogP contribution in [0.2, 0.25) is 0 Å². The molecule has 0 radical (unpaired) electrons. The molecule has 0 N–H and O–H groups in total. The highest BCUT2D eigenvalue weighted by molar-refractivity contribution is 7.92. The summed E-state index contributed by atoms with van der Waals surface area (Å²) in [5.74, 6) is 0.491. The van der Waals surface area contributed by atoms with Gasteiger partial charge in [-0.15, -0.1) is 0 Å². The lowest BCUT2D eigenvalue weighted by Crippen LogP contribution is -2.26. The highest BCUT2D eigenvalue weighted by atomic mass is 32.2. The molecule has 2 heterocycles. The van der Waals surface area contributed by atoms with Crippen molar-refractivity contribution in [3.8, 4) is 0 Å². The predicted molar refractivity (Wildman–Crippen MR) is 78.0 cm³/mol. The van der Waals surface area contributed by atoms with E-state index in [-0.39, 0.29) is 18.1 Å². The Kier molecular flexibility index (Phi) is 3.64. The van der Waals surface area contributed by atoms with Crippen molar-refractivity contribution < 1.29 is 17.3 Å². The summed E-state index contributed by atoms with van der Waals surface area (Å²) in [6.45, 7) is 3.99. The van der Waals surface area contributed by atoms with Crippen LogP contribution in [0.25, 0.3) is 0 Å². The van der Waals surface area contributed by atoms with Crippen LogP contribution in [0.5, 0.6) is 0 Å². The molecule has 2 aromatic rings. The standard InChI is InChI=1S/C14H16FN3O3S/c1-9(2)5-14-16-13(17-21-14)7-18-12-6-11(15)4-3-10(12)8-22(18,19)20/h3-4,6,9H,5,7-8H2,1-2H3. The molecule has 0 saturated carbocycles. The number of aromatic nitrogens is 2. The average molecular weight is 325 g/mol. The molecule has 0 atom stereocenters. The molecule has 8 heteroatoms. The Hall–Kier alpha value is -1.96. The van der Waals surface area contributed by atoms with Gasteiger partial charge >= 0.3 is 0 Å². The molecule has 118 valence electrons. The molecular weight excluding hydrogens is 309 g/mol. The SMILES string of the molecule is CC(C)Cc1nc(CN2c3cc(F)ccc3CS2(=O)=O)no1. The van der Waals surface area contributed by atoms with Crippen LogP contribution in [0, 0.1) is 11.7 Å². The second kappa shape index (κ2) is 5.35. The minimum absolute atomic E-state index is 0.0552. The van der Waals surface area contributed by atoms with Gasteiger partial charge in [0.15, 0.2) is 5.82 Å². The van der Waals surface area contributed by atoms with E-state index in [4.69, 9.17) is 4.52 Å². The number of hydrogen-bond donors (Lipinski definition) is 0. The third-order valence-electron chi connectivity index (χ3n) is 3.37. The Balaban J connectivity index is 1.88. The molecule has 1 aliphatic rings. The predicted octanol–water partition coefficient (Wildman–Crippen LogP) is 2.26. The van der Waals surface area contributed by atoms with Crippen LogP contribution in [0.3, 0.4) is 0 Å². The van der Waals surface area contributed by atoms with Crippen LogP contribution in [0.1, 0.15) is 31.1 Å². The summed E-state index contributed by atoms with van der Waals surface area (Å²) in [4.78, 5) is 4.20. The summed E-state index contributed by atoms with van der Waals surface area (Å²) in [6, 6.07) is 3.96. The fourth-order valence-corrected chi connectivity index (χ4v) is 3.99. The maximum atomic E-state index is 13.4. The third kappa shape index (κ3) is 2.83. The van der Waals surface area contributed by atoms with E-state index in [9.17, 15) is 12.8 Å².